The van der Waals surface area contributed by atoms with Gasteiger partial charge in [0.05, 0.1) is 36.3 Å². The summed E-state index contributed by atoms with van der Waals surface area (Å²) in [5.74, 6) is -0.540. The number of aromatic nitrogens is 2. The van der Waals surface area contributed by atoms with Crippen molar-refractivity contribution < 1.29 is 14.3 Å². The van der Waals surface area contributed by atoms with Crippen LogP contribution >= 0.6 is 0 Å². The first kappa shape index (κ1) is 18.5. The van der Waals surface area contributed by atoms with E-state index in [2.05, 4.69) is 15.6 Å². The van der Waals surface area contributed by atoms with Gasteiger partial charge >= 0.3 is 5.97 Å². The molecule has 1 amide bonds. The second-order valence-electron chi connectivity index (χ2n) is 6.00. The summed E-state index contributed by atoms with van der Waals surface area (Å²) in [5, 5.41) is 6.13. The number of ether oxygens (including phenoxy) is 1. The van der Waals surface area contributed by atoms with E-state index in [-0.39, 0.29) is 24.3 Å². The Morgan fingerprint density at radius 3 is 2.64 bits per heavy atom. The molecule has 0 unspecified atom stereocenters. The number of anilines is 2. The molecule has 0 bridgehead atoms. The van der Waals surface area contributed by atoms with Crippen molar-refractivity contribution in [2.75, 3.05) is 17.2 Å². The van der Waals surface area contributed by atoms with E-state index >= 15 is 0 Å². The van der Waals surface area contributed by atoms with E-state index in [9.17, 15) is 9.59 Å². The van der Waals surface area contributed by atoms with E-state index in [0.29, 0.717) is 23.5 Å². The molecule has 0 fully saturated rings. The van der Waals surface area contributed by atoms with Crippen LogP contribution in [0, 0.1) is 0 Å². The fourth-order valence-corrected chi connectivity index (χ4v) is 2.34. The van der Waals surface area contributed by atoms with E-state index in [0.717, 1.165) is 5.69 Å². The van der Waals surface area contributed by atoms with Crippen LogP contribution in [0.15, 0.2) is 30.7 Å². The van der Waals surface area contributed by atoms with Crippen molar-refractivity contribution in [3.63, 3.8) is 0 Å². The lowest BCUT2D eigenvalue weighted by Crippen LogP contribution is -2.19. The average Bonchev–Trinajstić information content (AvgIpc) is 2.93. The topological polar surface area (TPSA) is 85.2 Å². The lowest BCUT2D eigenvalue weighted by atomic mass is 10.1. The number of hydrogen-bond acceptors (Lipinski definition) is 5. The number of hydrogen-bond donors (Lipinski definition) is 2. The van der Waals surface area contributed by atoms with Gasteiger partial charge < -0.3 is 19.9 Å². The molecule has 134 valence electrons. The maximum absolute atomic E-state index is 12.3. The molecule has 0 aliphatic heterocycles. The van der Waals surface area contributed by atoms with Gasteiger partial charge in [0.2, 0.25) is 5.91 Å². The van der Waals surface area contributed by atoms with Crippen LogP contribution in [0.2, 0.25) is 0 Å². The molecule has 2 aromatic rings. The van der Waals surface area contributed by atoms with Crippen molar-refractivity contribution in [1.82, 2.24) is 9.55 Å². The quantitative estimate of drug-likeness (QED) is 0.754. The molecule has 0 aliphatic carbocycles. The zero-order valence-electron chi connectivity index (χ0n) is 15.0. The third kappa shape index (κ3) is 5.07. The number of nitrogens with zero attached hydrogens (tertiary/aromatic N) is 2. The molecule has 2 rings (SSSR count). The van der Waals surface area contributed by atoms with Crippen LogP contribution in [-0.4, -0.2) is 34.1 Å². The summed E-state index contributed by atoms with van der Waals surface area (Å²) in [4.78, 5) is 28.2. The van der Waals surface area contributed by atoms with Crippen LogP contribution in [0.25, 0.3) is 0 Å². The molecule has 1 aromatic carbocycles. The predicted molar refractivity (Wildman–Crippen MR) is 96.7 cm³/mol. The van der Waals surface area contributed by atoms with E-state index in [4.69, 9.17) is 4.74 Å². The van der Waals surface area contributed by atoms with Gasteiger partial charge in [-0.1, -0.05) is 0 Å². The maximum atomic E-state index is 12.3. The molecule has 0 atom stereocenters. The molecule has 1 aromatic heterocycles. The summed E-state index contributed by atoms with van der Waals surface area (Å²) >= 11 is 0. The van der Waals surface area contributed by atoms with Crippen LogP contribution < -0.4 is 10.6 Å². The van der Waals surface area contributed by atoms with Crippen LogP contribution in [0.5, 0.6) is 0 Å². The Balaban J connectivity index is 2.19. The zero-order chi connectivity index (χ0) is 18.4. The summed E-state index contributed by atoms with van der Waals surface area (Å²) in [6, 6.07) is 5.18. The molecular formula is C18H24N4O3. The minimum absolute atomic E-state index is 0.144. The second kappa shape index (κ2) is 8.32. The van der Waals surface area contributed by atoms with Crippen LogP contribution in [0.1, 0.15) is 36.8 Å². The highest BCUT2D eigenvalue weighted by molar-refractivity contribution is 5.98. The number of carbonyl (C=O) groups excluding carboxylic acids is 2. The molecule has 0 saturated carbocycles. The lowest BCUT2D eigenvalue weighted by Gasteiger charge is -2.17. The van der Waals surface area contributed by atoms with Crippen LogP contribution in [0.3, 0.4) is 0 Å². The smallest absolute Gasteiger partial charge is 0.338 e. The fourth-order valence-electron chi connectivity index (χ4n) is 2.34. The van der Waals surface area contributed by atoms with Gasteiger partial charge in [-0.2, -0.15) is 0 Å². The molecule has 7 nitrogen and oxygen atoms in total. The first-order chi connectivity index (χ1) is 11.9. The Morgan fingerprint density at radius 1 is 1.28 bits per heavy atom. The molecule has 0 aliphatic rings. The average molecular weight is 344 g/mol. The lowest BCUT2D eigenvalue weighted by molar-refractivity contribution is -0.115. The van der Waals surface area contributed by atoms with Gasteiger partial charge in [0.1, 0.15) is 0 Å². The van der Waals surface area contributed by atoms with Crippen molar-refractivity contribution in [3.8, 4) is 0 Å². The Kier molecular flexibility index (Phi) is 6.16. The molecule has 2 N–H and O–H groups in total. The number of rotatable bonds is 7. The Morgan fingerprint density at radius 2 is 2.04 bits per heavy atom. The van der Waals surface area contributed by atoms with Crippen LogP contribution in [-0.2, 0) is 23.0 Å². The van der Waals surface area contributed by atoms with Crippen molar-refractivity contribution in [1.29, 1.82) is 0 Å². The Hall–Kier alpha value is -2.83. The number of esters is 1. The maximum Gasteiger partial charge on any atom is 0.338 e. The largest absolute Gasteiger partial charge is 0.462 e. The van der Waals surface area contributed by atoms with Gasteiger partial charge in [-0.05, 0) is 39.0 Å². The first-order valence-electron chi connectivity index (χ1n) is 8.23. The highest BCUT2D eigenvalue weighted by Gasteiger charge is 2.14. The number of amides is 1. The van der Waals surface area contributed by atoms with E-state index in [1.54, 1.807) is 42.2 Å². The molecule has 1 heterocycles. The van der Waals surface area contributed by atoms with Gasteiger partial charge in [0.15, 0.2) is 0 Å². The van der Waals surface area contributed by atoms with Gasteiger partial charge in [-0.3, -0.25) is 4.79 Å². The highest BCUT2D eigenvalue weighted by Crippen LogP contribution is 2.25. The normalized spacial score (nSPS) is 10.6. The van der Waals surface area contributed by atoms with Crippen molar-refractivity contribution in [2.24, 2.45) is 7.05 Å². The van der Waals surface area contributed by atoms with E-state index < -0.39 is 0 Å². The second-order valence-corrected chi connectivity index (χ2v) is 6.00. The van der Waals surface area contributed by atoms with Crippen molar-refractivity contribution in [2.45, 2.75) is 33.2 Å². The Labute approximate surface area is 147 Å². The third-order valence-corrected chi connectivity index (χ3v) is 3.51. The van der Waals surface area contributed by atoms with Gasteiger partial charge in [0, 0.05) is 25.0 Å². The minimum atomic E-state index is -0.387. The van der Waals surface area contributed by atoms with E-state index in [1.807, 2.05) is 20.9 Å². The number of aryl methyl sites for hydroxylation is 1. The summed E-state index contributed by atoms with van der Waals surface area (Å²) in [6.45, 7) is 6.05. The van der Waals surface area contributed by atoms with Gasteiger partial charge in [-0.25, -0.2) is 9.78 Å². The SMILES string of the molecule is CCOC(=O)c1ccc(NC(=O)Cc2cncn2C)c(NC(C)C)c1. The standard InChI is InChI=1S/C18H24N4O3/c1-5-25-18(24)13-6-7-15(16(8-13)20-12(2)3)21-17(23)9-14-10-19-11-22(14)4/h6-8,10-12,20H,5,9H2,1-4H3,(H,21,23). The summed E-state index contributed by atoms with van der Waals surface area (Å²) in [7, 11) is 1.84. The highest BCUT2D eigenvalue weighted by atomic mass is 16.5. The first-order valence-corrected chi connectivity index (χ1v) is 8.23. The molecular weight excluding hydrogens is 320 g/mol. The number of benzene rings is 1. The minimum Gasteiger partial charge on any atom is -0.462 e. The molecule has 25 heavy (non-hydrogen) atoms. The van der Waals surface area contributed by atoms with Gasteiger partial charge in [0.25, 0.3) is 0 Å². The summed E-state index contributed by atoms with van der Waals surface area (Å²) < 4.78 is 6.83. The van der Waals surface area contributed by atoms with E-state index in [1.165, 1.54) is 0 Å². The molecule has 0 saturated heterocycles. The number of imidazole rings is 1. The fraction of sp³-hybridized carbons (Fsp3) is 0.389. The van der Waals surface area contributed by atoms with Crippen LogP contribution in [0.4, 0.5) is 11.4 Å². The third-order valence-electron chi connectivity index (χ3n) is 3.51. The molecule has 0 spiro atoms. The predicted octanol–water partition coefficient (Wildman–Crippen LogP) is 2.60. The molecule has 7 heteroatoms. The van der Waals surface area contributed by atoms with Crippen molar-refractivity contribution >= 4 is 23.3 Å². The van der Waals surface area contributed by atoms with Gasteiger partial charge in [-0.15, -0.1) is 0 Å². The monoisotopic (exact) mass is 344 g/mol. The number of carbonyl (C=O) groups is 2. The zero-order valence-corrected chi connectivity index (χ0v) is 15.0. The van der Waals surface area contributed by atoms with Crippen molar-refractivity contribution in [3.05, 3.63) is 42.0 Å². The summed E-state index contributed by atoms with van der Waals surface area (Å²) in [6.07, 6.45) is 3.54. The Bertz CT molecular complexity index is 753. The number of nitrogens with one attached hydrogen (secondary N) is 2. The molecule has 0 radical (unpaired) electrons. The summed E-state index contributed by atoms with van der Waals surface area (Å²) in [5.41, 5.74) is 2.56.